The van der Waals surface area contributed by atoms with Crippen LogP contribution in [0.5, 0.6) is 0 Å². The van der Waals surface area contributed by atoms with Crippen molar-refractivity contribution in [2.45, 2.75) is 50.6 Å². The highest BCUT2D eigenvalue weighted by atomic mass is 16.2. The predicted molar refractivity (Wildman–Crippen MR) is 95.0 cm³/mol. The Morgan fingerprint density at radius 1 is 1.12 bits per heavy atom. The van der Waals surface area contributed by atoms with Crippen molar-refractivity contribution in [1.29, 1.82) is 0 Å². The van der Waals surface area contributed by atoms with Gasteiger partial charge in [0.15, 0.2) is 0 Å². The van der Waals surface area contributed by atoms with Gasteiger partial charge in [-0.3, -0.25) is 14.2 Å². The van der Waals surface area contributed by atoms with Crippen molar-refractivity contribution in [1.82, 2.24) is 14.9 Å². The van der Waals surface area contributed by atoms with E-state index in [1.165, 1.54) is 30.2 Å². The summed E-state index contributed by atoms with van der Waals surface area (Å²) in [5, 5.41) is 3.88. The zero-order valence-corrected chi connectivity index (χ0v) is 14.3. The van der Waals surface area contributed by atoms with E-state index in [0.29, 0.717) is 10.9 Å². The van der Waals surface area contributed by atoms with Gasteiger partial charge in [0, 0.05) is 5.54 Å². The zero-order chi connectivity index (χ0) is 17.0. The van der Waals surface area contributed by atoms with Crippen LogP contribution in [-0.4, -0.2) is 21.0 Å². The van der Waals surface area contributed by atoms with E-state index in [1.54, 1.807) is 6.07 Å². The van der Waals surface area contributed by atoms with Gasteiger partial charge in [0.1, 0.15) is 6.54 Å². The van der Waals surface area contributed by atoms with Crippen molar-refractivity contribution in [3.05, 3.63) is 40.9 Å². The summed E-state index contributed by atoms with van der Waals surface area (Å²) in [6.45, 7) is 0.0540. The minimum absolute atomic E-state index is 0.0142. The van der Waals surface area contributed by atoms with Crippen LogP contribution >= 0.6 is 0 Å². The Bertz CT molecular complexity index is 866. The molecule has 4 saturated carbocycles. The third kappa shape index (κ3) is 2.57. The molecule has 6 rings (SSSR count). The Labute approximate surface area is 146 Å². The van der Waals surface area contributed by atoms with Gasteiger partial charge >= 0.3 is 0 Å². The summed E-state index contributed by atoms with van der Waals surface area (Å²) in [7, 11) is 0. The number of benzene rings is 1. The molecular formula is C20H23N3O2. The molecule has 5 nitrogen and oxygen atoms in total. The van der Waals surface area contributed by atoms with Gasteiger partial charge in [-0.15, -0.1) is 0 Å². The van der Waals surface area contributed by atoms with Crippen molar-refractivity contribution in [3.63, 3.8) is 0 Å². The molecule has 0 atom stereocenters. The molecule has 0 saturated heterocycles. The smallest absolute Gasteiger partial charge is 0.261 e. The number of amides is 1. The lowest BCUT2D eigenvalue weighted by Crippen LogP contribution is -2.60. The van der Waals surface area contributed by atoms with E-state index >= 15 is 0 Å². The van der Waals surface area contributed by atoms with Gasteiger partial charge in [0.25, 0.3) is 5.56 Å². The first kappa shape index (κ1) is 15.1. The summed E-state index contributed by atoms with van der Waals surface area (Å²) in [6, 6.07) is 7.26. The van der Waals surface area contributed by atoms with E-state index in [4.69, 9.17) is 0 Å². The fourth-order valence-electron chi connectivity index (χ4n) is 5.97. The molecule has 0 unspecified atom stereocenters. The Hall–Kier alpha value is -2.17. The van der Waals surface area contributed by atoms with Crippen molar-refractivity contribution in [2.24, 2.45) is 17.8 Å². The summed E-state index contributed by atoms with van der Waals surface area (Å²) in [6.07, 6.45) is 8.90. The first-order chi connectivity index (χ1) is 12.1. The number of aromatic nitrogens is 2. The average molecular weight is 337 g/mol. The van der Waals surface area contributed by atoms with Crippen LogP contribution in [0.25, 0.3) is 10.9 Å². The summed E-state index contributed by atoms with van der Waals surface area (Å²) < 4.78 is 1.43. The number of fused-ring (bicyclic) bond motifs is 1. The van der Waals surface area contributed by atoms with E-state index in [9.17, 15) is 9.59 Å². The SMILES string of the molecule is O=C(Cn1cnc2ccccc2c1=O)NC12CC3CC(CC(C3)C1)C2. The zero-order valence-electron chi connectivity index (χ0n) is 14.3. The summed E-state index contributed by atoms with van der Waals surface area (Å²) in [5.74, 6) is 2.31. The van der Waals surface area contributed by atoms with Gasteiger partial charge in [-0.05, 0) is 68.4 Å². The van der Waals surface area contributed by atoms with Gasteiger partial charge < -0.3 is 5.32 Å². The molecule has 0 spiro atoms. The lowest BCUT2D eigenvalue weighted by atomic mass is 9.53. The molecule has 1 amide bonds. The normalized spacial score (nSPS) is 32.9. The third-order valence-corrected chi connectivity index (χ3v) is 6.49. The topological polar surface area (TPSA) is 64.0 Å². The van der Waals surface area contributed by atoms with Gasteiger partial charge in [0.05, 0.1) is 17.2 Å². The average Bonchev–Trinajstić information content (AvgIpc) is 2.56. The Kier molecular flexibility index (Phi) is 3.27. The van der Waals surface area contributed by atoms with E-state index in [0.717, 1.165) is 37.0 Å². The molecule has 1 aromatic carbocycles. The highest BCUT2D eigenvalue weighted by Crippen LogP contribution is 2.55. The van der Waals surface area contributed by atoms with Crippen molar-refractivity contribution in [3.8, 4) is 0 Å². The van der Waals surface area contributed by atoms with Gasteiger partial charge in [0.2, 0.25) is 5.91 Å². The molecule has 4 fully saturated rings. The molecule has 1 aromatic heterocycles. The summed E-state index contributed by atoms with van der Waals surface area (Å²) in [4.78, 5) is 29.6. The van der Waals surface area contributed by atoms with Crippen LogP contribution < -0.4 is 10.9 Å². The molecule has 2 aromatic rings. The molecule has 130 valence electrons. The quantitative estimate of drug-likeness (QED) is 0.936. The Balaban J connectivity index is 1.36. The number of hydrogen-bond donors (Lipinski definition) is 1. The van der Waals surface area contributed by atoms with Crippen molar-refractivity contribution in [2.75, 3.05) is 0 Å². The maximum atomic E-state index is 12.7. The lowest BCUT2D eigenvalue weighted by molar-refractivity contribution is -0.127. The maximum absolute atomic E-state index is 12.7. The van der Waals surface area contributed by atoms with E-state index in [2.05, 4.69) is 10.3 Å². The highest BCUT2D eigenvalue weighted by Gasteiger charge is 2.51. The van der Waals surface area contributed by atoms with Gasteiger partial charge in [-0.1, -0.05) is 12.1 Å². The molecule has 4 aliphatic carbocycles. The summed E-state index contributed by atoms with van der Waals surface area (Å²) in [5.41, 5.74) is 0.510. The predicted octanol–water partition coefficient (Wildman–Crippen LogP) is 2.48. The number of hydrogen-bond acceptors (Lipinski definition) is 3. The minimum Gasteiger partial charge on any atom is -0.349 e. The third-order valence-electron chi connectivity index (χ3n) is 6.49. The second-order valence-corrected chi connectivity index (χ2v) is 8.44. The van der Waals surface area contributed by atoms with Crippen LogP contribution in [0.2, 0.25) is 0 Å². The van der Waals surface area contributed by atoms with E-state index in [-0.39, 0.29) is 23.6 Å². The first-order valence-electron chi connectivity index (χ1n) is 9.35. The van der Waals surface area contributed by atoms with Crippen LogP contribution in [0.4, 0.5) is 0 Å². The molecule has 0 radical (unpaired) electrons. The van der Waals surface area contributed by atoms with E-state index in [1.807, 2.05) is 18.2 Å². The minimum atomic E-state index is -0.147. The summed E-state index contributed by atoms with van der Waals surface area (Å²) >= 11 is 0. The fourth-order valence-corrected chi connectivity index (χ4v) is 5.97. The Morgan fingerprint density at radius 2 is 1.76 bits per heavy atom. The molecule has 1 N–H and O–H groups in total. The molecule has 5 heteroatoms. The second kappa shape index (κ2) is 5.41. The number of carbonyl (C=O) groups excluding carboxylic acids is 1. The van der Waals surface area contributed by atoms with Crippen LogP contribution in [0.15, 0.2) is 35.4 Å². The number of nitrogens with one attached hydrogen (secondary N) is 1. The molecule has 1 heterocycles. The maximum Gasteiger partial charge on any atom is 0.261 e. The molecule has 4 aliphatic rings. The monoisotopic (exact) mass is 337 g/mol. The highest BCUT2D eigenvalue weighted by molar-refractivity contribution is 5.79. The molecule has 0 aliphatic heterocycles. The van der Waals surface area contributed by atoms with Gasteiger partial charge in [-0.2, -0.15) is 0 Å². The molecular weight excluding hydrogens is 314 g/mol. The van der Waals surface area contributed by atoms with Gasteiger partial charge in [-0.25, -0.2) is 4.98 Å². The standard InChI is InChI=1S/C20H23N3O2/c24-18(11-23-12-21-17-4-2-1-3-16(17)19(23)25)22-20-8-13-5-14(9-20)7-15(6-13)10-20/h1-4,12-15H,5-11H2,(H,22,24). The van der Waals surface area contributed by atoms with Crippen LogP contribution in [0.1, 0.15) is 38.5 Å². The number of para-hydroxylation sites is 1. The first-order valence-corrected chi connectivity index (χ1v) is 9.35. The van der Waals surface area contributed by atoms with Crippen molar-refractivity contribution >= 4 is 16.8 Å². The van der Waals surface area contributed by atoms with Crippen LogP contribution in [-0.2, 0) is 11.3 Å². The second-order valence-electron chi connectivity index (χ2n) is 8.44. The van der Waals surface area contributed by atoms with Crippen LogP contribution in [0, 0.1) is 17.8 Å². The largest absolute Gasteiger partial charge is 0.349 e. The van der Waals surface area contributed by atoms with E-state index < -0.39 is 0 Å². The molecule has 25 heavy (non-hydrogen) atoms. The molecule has 4 bridgehead atoms. The number of rotatable bonds is 3. The fraction of sp³-hybridized carbons (Fsp3) is 0.550. The van der Waals surface area contributed by atoms with Crippen molar-refractivity contribution < 1.29 is 4.79 Å². The lowest BCUT2D eigenvalue weighted by Gasteiger charge is -2.56. The Morgan fingerprint density at radius 3 is 2.44 bits per heavy atom. The number of nitrogens with zero attached hydrogens (tertiary/aromatic N) is 2. The van der Waals surface area contributed by atoms with Crippen LogP contribution in [0.3, 0.4) is 0 Å². The number of carbonyl (C=O) groups is 1.